The number of benzene rings is 1. The number of ketones is 1. The molecule has 0 radical (unpaired) electrons. The van der Waals surface area contributed by atoms with Crippen LogP contribution in [0.2, 0.25) is 0 Å². The number of methoxy groups -OCH3 is 1. The van der Waals surface area contributed by atoms with E-state index in [0.29, 0.717) is 12.2 Å². The van der Waals surface area contributed by atoms with Crippen molar-refractivity contribution in [1.82, 2.24) is 0 Å². The van der Waals surface area contributed by atoms with Crippen molar-refractivity contribution in [3.63, 3.8) is 0 Å². The van der Waals surface area contributed by atoms with E-state index in [1.54, 1.807) is 24.3 Å². The quantitative estimate of drug-likeness (QED) is 0.537. The minimum atomic E-state index is -5.63. The van der Waals surface area contributed by atoms with Crippen molar-refractivity contribution in [2.75, 3.05) is 13.7 Å². The van der Waals surface area contributed by atoms with Crippen molar-refractivity contribution in [2.45, 2.75) is 24.8 Å². The molecule has 0 spiro atoms. The van der Waals surface area contributed by atoms with Crippen molar-refractivity contribution in [1.29, 1.82) is 0 Å². The van der Waals surface area contributed by atoms with E-state index in [9.17, 15) is 26.4 Å². The lowest BCUT2D eigenvalue weighted by Gasteiger charge is -2.08. The van der Waals surface area contributed by atoms with E-state index >= 15 is 0 Å². The summed E-state index contributed by atoms with van der Waals surface area (Å²) in [6.07, 6.45) is 0.0854. The molecule has 0 aliphatic heterocycles. The summed E-state index contributed by atoms with van der Waals surface area (Å²) in [5.41, 5.74) is -4.61. The number of carbonyl (C=O) groups excluding carboxylic acids is 1. The van der Waals surface area contributed by atoms with Crippen LogP contribution in [0.3, 0.4) is 0 Å². The van der Waals surface area contributed by atoms with E-state index < -0.39 is 28.7 Å². The first-order chi connectivity index (χ1) is 10.2. The highest BCUT2D eigenvalue weighted by Crippen LogP contribution is 2.24. The molecule has 0 saturated heterocycles. The Morgan fingerprint density at radius 1 is 1.14 bits per heavy atom. The monoisotopic (exact) mass is 340 g/mol. The number of hydrogen-bond donors (Lipinski definition) is 0. The third kappa shape index (κ3) is 5.64. The number of alkyl halides is 3. The smallest absolute Gasteiger partial charge is 0.497 e. The van der Waals surface area contributed by atoms with Crippen LogP contribution in [0.4, 0.5) is 13.2 Å². The number of rotatable bonds is 8. The van der Waals surface area contributed by atoms with Gasteiger partial charge in [0.15, 0.2) is 0 Å². The molecule has 1 aromatic rings. The second-order valence-corrected chi connectivity index (χ2v) is 5.97. The lowest BCUT2D eigenvalue weighted by Crippen LogP contribution is -2.26. The molecule has 0 saturated carbocycles. The summed E-state index contributed by atoms with van der Waals surface area (Å²) in [4.78, 5) is 11.5. The summed E-state index contributed by atoms with van der Waals surface area (Å²) in [6.45, 7) is -0.816. The molecule has 0 fully saturated rings. The molecule has 0 aromatic heterocycles. The minimum Gasteiger partial charge on any atom is -0.497 e. The van der Waals surface area contributed by atoms with Crippen LogP contribution in [-0.2, 0) is 25.5 Å². The average molecular weight is 340 g/mol. The highest BCUT2D eigenvalue weighted by Gasteiger charge is 2.47. The molecule has 5 nitrogen and oxygen atoms in total. The fourth-order valence-corrected chi connectivity index (χ4v) is 1.97. The predicted octanol–water partition coefficient (Wildman–Crippen LogP) is 2.45. The Kier molecular flexibility index (Phi) is 6.36. The summed E-state index contributed by atoms with van der Waals surface area (Å²) in [7, 11) is -4.11. The molecule has 124 valence electrons. The number of Topliss-reactive ketones (excluding diaryl/α,β-unsaturated/α-hetero) is 1. The van der Waals surface area contributed by atoms with Crippen LogP contribution in [-0.4, -0.2) is 33.4 Å². The molecule has 0 aliphatic rings. The van der Waals surface area contributed by atoms with E-state index in [-0.39, 0.29) is 12.2 Å². The topological polar surface area (TPSA) is 69.7 Å². The third-order valence-electron chi connectivity index (χ3n) is 2.75. The van der Waals surface area contributed by atoms with Gasteiger partial charge in [0, 0.05) is 12.8 Å². The first-order valence-corrected chi connectivity index (χ1v) is 7.67. The zero-order valence-electron chi connectivity index (χ0n) is 11.7. The second kappa shape index (κ2) is 7.59. The van der Waals surface area contributed by atoms with Gasteiger partial charge in [0.2, 0.25) is 0 Å². The van der Waals surface area contributed by atoms with Gasteiger partial charge in [0.25, 0.3) is 0 Å². The second-order valence-electron chi connectivity index (χ2n) is 4.36. The zero-order valence-corrected chi connectivity index (χ0v) is 12.5. The molecule has 0 bridgehead atoms. The third-order valence-corrected chi connectivity index (χ3v) is 3.80. The van der Waals surface area contributed by atoms with E-state index in [1.807, 2.05) is 0 Å². The van der Waals surface area contributed by atoms with Crippen molar-refractivity contribution >= 4 is 15.9 Å². The predicted molar refractivity (Wildman–Crippen MR) is 71.9 cm³/mol. The Bertz CT molecular complexity index is 593. The molecule has 22 heavy (non-hydrogen) atoms. The number of aryl methyl sites for hydroxylation is 1. The highest BCUT2D eigenvalue weighted by molar-refractivity contribution is 7.87. The standard InChI is InChI=1S/C13H15F3O5S/c1-20-12-6-3-10(4-7-12)2-5-11(17)8-9-21-22(18,19)13(14,15)16/h3-4,6-7H,2,5,8-9H2,1H3. The van der Waals surface area contributed by atoms with Crippen LogP contribution in [0.5, 0.6) is 5.75 Å². The van der Waals surface area contributed by atoms with E-state index in [2.05, 4.69) is 4.18 Å². The SMILES string of the molecule is COc1ccc(CCC(=O)CCOS(=O)(=O)C(F)(F)F)cc1. The van der Waals surface area contributed by atoms with Gasteiger partial charge < -0.3 is 4.74 Å². The molecule has 0 atom stereocenters. The van der Waals surface area contributed by atoms with Crippen LogP contribution >= 0.6 is 0 Å². The van der Waals surface area contributed by atoms with Gasteiger partial charge >= 0.3 is 15.6 Å². The Morgan fingerprint density at radius 3 is 2.23 bits per heavy atom. The molecule has 1 aromatic carbocycles. The first kappa shape index (κ1) is 18.4. The van der Waals surface area contributed by atoms with Gasteiger partial charge in [0.05, 0.1) is 13.7 Å². The molecule has 0 heterocycles. The van der Waals surface area contributed by atoms with E-state index in [0.717, 1.165) is 5.56 Å². The molecular weight excluding hydrogens is 325 g/mol. The molecular formula is C13H15F3O5S. The van der Waals surface area contributed by atoms with E-state index in [1.165, 1.54) is 7.11 Å². The molecule has 0 N–H and O–H groups in total. The lowest BCUT2D eigenvalue weighted by molar-refractivity contribution is -0.119. The van der Waals surface area contributed by atoms with Crippen LogP contribution in [0.25, 0.3) is 0 Å². The number of carbonyl (C=O) groups is 1. The van der Waals surface area contributed by atoms with Crippen LogP contribution in [0.1, 0.15) is 18.4 Å². The Hall–Kier alpha value is -1.61. The Labute approximate surface area is 126 Å². The van der Waals surface area contributed by atoms with Crippen molar-refractivity contribution in [3.8, 4) is 5.75 Å². The number of halogens is 3. The summed E-state index contributed by atoms with van der Waals surface area (Å²) >= 11 is 0. The van der Waals surface area contributed by atoms with Gasteiger partial charge in [0.1, 0.15) is 11.5 Å². The normalized spacial score (nSPS) is 12.2. The van der Waals surface area contributed by atoms with Crippen molar-refractivity contribution < 1.29 is 35.3 Å². The molecule has 0 unspecified atom stereocenters. The maximum absolute atomic E-state index is 12.0. The Morgan fingerprint density at radius 2 is 1.73 bits per heavy atom. The van der Waals surface area contributed by atoms with Crippen molar-refractivity contribution in [3.05, 3.63) is 29.8 Å². The van der Waals surface area contributed by atoms with Gasteiger partial charge in [-0.1, -0.05) is 12.1 Å². The van der Waals surface area contributed by atoms with E-state index in [4.69, 9.17) is 4.74 Å². The van der Waals surface area contributed by atoms with Gasteiger partial charge in [-0.05, 0) is 24.1 Å². The largest absolute Gasteiger partial charge is 0.523 e. The molecule has 0 aliphatic carbocycles. The summed E-state index contributed by atoms with van der Waals surface area (Å²) in [6, 6.07) is 6.96. The first-order valence-electron chi connectivity index (χ1n) is 6.26. The molecule has 1 rings (SSSR count). The highest BCUT2D eigenvalue weighted by atomic mass is 32.2. The fourth-order valence-electron chi connectivity index (χ4n) is 1.53. The maximum Gasteiger partial charge on any atom is 0.523 e. The summed E-state index contributed by atoms with van der Waals surface area (Å²) in [5, 5.41) is 0. The number of ether oxygens (including phenoxy) is 1. The summed E-state index contributed by atoms with van der Waals surface area (Å²) in [5.74, 6) is 0.286. The van der Waals surface area contributed by atoms with Gasteiger partial charge in [-0.2, -0.15) is 21.6 Å². The minimum absolute atomic E-state index is 0.0851. The van der Waals surface area contributed by atoms with Gasteiger partial charge in [-0.3, -0.25) is 8.98 Å². The average Bonchev–Trinajstić information content (AvgIpc) is 2.44. The van der Waals surface area contributed by atoms with Crippen LogP contribution in [0.15, 0.2) is 24.3 Å². The lowest BCUT2D eigenvalue weighted by atomic mass is 10.1. The van der Waals surface area contributed by atoms with Gasteiger partial charge in [-0.25, -0.2) is 0 Å². The maximum atomic E-state index is 12.0. The molecule has 0 amide bonds. The fraction of sp³-hybridized carbons (Fsp3) is 0.462. The van der Waals surface area contributed by atoms with Crippen LogP contribution in [0, 0.1) is 0 Å². The van der Waals surface area contributed by atoms with Crippen LogP contribution < -0.4 is 4.74 Å². The zero-order chi connectivity index (χ0) is 16.8. The Balaban J connectivity index is 2.35. The molecule has 9 heteroatoms. The number of hydrogen-bond acceptors (Lipinski definition) is 5. The van der Waals surface area contributed by atoms with Crippen molar-refractivity contribution in [2.24, 2.45) is 0 Å². The van der Waals surface area contributed by atoms with Gasteiger partial charge in [-0.15, -0.1) is 0 Å². The summed E-state index contributed by atoms with van der Waals surface area (Å²) < 4.78 is 65.9.